The van der Waals surface area contributed by atoms with Gasteiger partial charge in [0.05, 0.1) is 0 Å². The van der Waals surface area contributed by atoms with Crippen LogP contribution in [0.15, 0.2) is 30.3 Å². The maximum atomic E-state index is 12.3. The Hall–Kier alpha value is -1.61. The van der Waals surface area contributed by atoms with Crippen LogP contribution in [0.2, 0.25) is 0 Å². The lowest BCUT2D eigenvalue weighted by Crippen LogP contribution is -2.43. The van der Waals surface area contributed by atoms with Crippen molar-refractivity contribution in [2.45, 2.75) is 38.6 Å². The first kappa shape index (κ1) is 14.8. The van der Waals surface area contributed by atoms with E-state index < -0.39 is 0 Å². The van der Waals surface area contributed by atoms with Crippen molar-refractivity contribution in [2.75, 3.05) is 13.1 Å². The van der Waals surface area contributed by atoms with E-state index >= 15 is 0 Å². The van der Waals surface area contributed by atoms with Crippen LogP contribution in [0.5, 0.6) is 0 Å². The van der Waals surface area contributed by atoms with Gasteiger partial charge in [0.1, 0.15) is 0 Å². The molecule has 0 saturated carbocycles. The van der Waals surface area contributed by atoms with Crippen molar-refractivity contribution in [3.63, 3.8) is 0 Å². The molecule has 0 bridgehead atoms. The summed E-state index contributed by atoms with van der Waals surface area (Å²) < 4.78 is 0. The zero-order valence-electron chi connectivity index (χ0n) is 12.2. The van der Waals surface area contributed by atoms with Crippen molar-refractivity contribution in [3.8, 4) is 0 Å². The SMILES string of the molecule is Cc1ccc(/C=C/C(=O)N2CCCCC2CCN)cc1. The van der Waals surface area contributed by atoms with Gasteiger partial charge in [0, 0.05) is 18.7 Å². The summed E-state index contributed by atoms with van der Waals surface area (Å²) >= 11 is 0. The average Bonchev–Trinajstić information content (AvgIpc) is 2.47. The summed E-state index contributed by atoms with van der Waals surface area (Å²) in [6.07, 6.45) is 7.89. The first-order chi connectivity index (χ1) is 9.70. The fraction of sp³-hybridized carbons (Fsp3) is 0.471. The third kappa shape index (κ3) is 3.94. The molecular weight excluding hydrogens is 248 g/mol. The molecule has 3 nitrogen and oxygen atoms in total. The molecule has 108 valence electrons. The Morgan fingerprint density at radius 2 is 2.10 bits per heavy atom. The number of hydrogen-bond donors (Lipinski definition) is 1. The molecule has 0 radical (unpaired) electrons. The minimum absolute atomic E-state index is 0.115. The number of piperidine rings is 1. The Morgan fingerprint density at radius 1 is 1.35 bits per heavy atom. The lowest BCUT2D eigenvalue weighted by Gasteiger charge is -2.35. The van der Waals surface area contributed by atoms with Crippen molar-refractivity contribution >= 4 is 12.0 Å². The van der Waals surface area contributed by atoms with Crippen molar-refractivity contribution in [3.05, 3.63) is 41.5 Å². The number of likely N-dealkylation sites (tertiary alicyclic amines) is 1. The molecule has 1 aromatic carbocycles. The molecule has 1 unspecified atom stereocenters. The molecule has 1 aromatic rings. The van der Waals surface area contributed by atoms with Crippen LogP contribution < -0.4 is 5.73 Å². The van der Waals surface area contributed by atoms with Gasteiger partial charge < -0.3 is 10.6 Å². The highest BCUT2D eigenvalue weighted by Crippen LogP contribution is 2.20. The van der Waals surface area contributed by atoms with E-state index in [9.17, 15) is 4.79 Å². The molecule has 1 atom stereocenters. The molecule has 1 heterocycles. The number of rotatable bonds is 4. The molecule has 0 spiro atoms. The Morgan fingerprint density at radius 3 is 2.80 bits per heavy atom. The van der Waals surface area contributed by atoms with E-state index in [1.165, 1.54) is 12.0 Å². The minimum atomic E-state index is 0.115. The number of nitrogens with zero attached hydrogens (tertiary/aromatic N) is 1. The van der Waals surface area contributed by atoms with Gasteiger partial charge >= 0.3 is 0 Å². The van der Waals surface area contributed by atoms with Crippen LogP contribution in [-0.4, -0.2) is 29.9 Å². The molecular formula is C17H24N2O. The van der Waals surface area contributed by atoms with Gasteiger partial charge in [-0.15, -0.1) is 0 Å². The van der Waals surface area contributed by atoms with E-state index in [1.54, 1.807) is 6.08 Å². The third-order valence-electron chi connectivity index (χ3n) is 3.91. The van der Waals surface area contributed by atoms with Crippen molar-refractivity contribution in [1.82, 2.24) is 4.90 Å². The highest BCUT2D eigenvalue weighted by Gasteiger charge is 2.24. The fourth-order valence-electron chi connectivity index (χ4n) is 2.72. The molecule has 1 fully saturated rings. The molecule has 0 aliphatic carbocycles. The summed E-state index contributed by atoms with van der Waals surface area (Å²) in [6.45, 7) is 3.57. The molecule has 1 amide bonds. The molecule has 2 N–H and O–H groups in total. The number of carbonyl (C=O) groups excluding carboxylic acids is 1. The van der Waals surface area contributed by atoms with Gasteiger partial charge in [-0.1, -0.05) is 29.8 Å². The van der Waals surface area contributed by atoms with Gasteiger partial charge in [-0.25, -0.2) is 0 Å². The van der Waals surface area contributed by atoms with Gasteiger partial charge in [-0.3, -0.25) is 4.79 Å². The van der Waals surface area contributed by atoms with Gasteiger partial charge in [0.2, 0.25) is 5.91 Å². The summed E-state index contributed by atoms with van der Waals surface area (Å²) in [5, 5.41) is 0. The molecule has 0 aromatic heterocycles. The molecule has 20 heavy (non-hydrogen) atoms. The summed E-state index contributed by atoms with van der Waals surface area (Å²) in [4.78, 5) is 14.3. The third-order valence-corrected chi connectivity index (χ3v) is 3.91. The number of benzene rings is 1. The quantitative estimate of drug-likeness (QED) is 0.857. The van der Waals surface area contributed by atoms with Gasteiger partial charge in [-0.2, -0.15) is 0 Å². The Balaban J connectivity index is 2.00. The van der Waals surface area contributed by atoms with Crippen LogP contribution in [0, 0.1) is 6.92 Å². The van der Waals surface area contributed by atoms with Crippen LogP contribution in [0.3, 0.4) is 0 Å². The maximum Gasteiger partial charge on any atom is 0.246 e. The Labute approximate surface area is 121 Å². The smallest absolute Gasteiger partial charge is 0.246 e. The first-order valence-electron chi connectivity index (χ1n) is 7.46. The maximum absolute atomic E-state index is 12.3. The molecule has 1 saturated heterocycles. The predicted octanol–water partition coefficient (Wildman–Crippen LogP) is 2.74. The highest BCUT2D eigenvalue weighted by atomic mass is 16.2. The van der Waals surface area contributed by atoms with Gasteiger partial charge in [-0.05, 0) is 50.8 Å². The van der Waals surface area contributed by atoms with Crippen LogP contribution in [0.4, 0.5) is 0 Å². The van der Waals surface area contributed by atoms with Gasteiger partial charge in [0.15, 0.2) is 0 Å². The van der Waals surface area contributed by atoms with E-state index in [4.69, 9.17) is 5.73 Å². The van der Waals surface area contributed by atoms with E-state index in [2.05, 4.69) is 19.1 Å². The minimum Gasteiger partial charge on any atom is -0.336 e. The number of hydrogen-bond acceptors (Lipinski definition) is 2. The molecule has 2 rings (SSSR count). The van der Waals surface area contributed by atoms with Gasteiger partial charge in [0.25, 0.3) is 0 Å². The monoisotopic (exact) mass is 272 g/mol. The zero-order valence-corrected chi connectivity index (χ0v) is 12.2. The standard InChI is InChI=1S/C17H24N2O/c1-14-5-7-15(8-6-14)9-10-17(20)19-13-3-2-4-16(19)11-12-18/h5-10,16H,2-4,11-13,18H2,1H3/b10-9+. The predicted molar refractivity (Wildman–Crippen MR) is 83.2 cm³/mol. The average molecular weight is 272 g/mol. The number of nitrogens with two attached hydrogens (primary N) is 1. The highest BCUT2D eigenvalue weighted by molar-refractivity contribution is 5.92. The Bertz CT molecular complexity index is 462. The zero-order chi connectivity index (χ0) is 14.4. The molecule has 1 aliphatic heterocycles. The first-order valence-corrected chi connectivity index (χ1v) is 7.46. The summed E-state index contributed by atoms with van der Waals surface area (Å²) in [5.74, 6) is 0.115. The second-order valence-electron chi connectivity index (χ2n) is 5.50. The second kappa shape index (κ2) is 7.25. The second-order valence-corrected chi connectivity index (χ2v) is 5.50. The number of carbonyl (C=O) groups is 1. The van der Waals surface area contributed by atoms with Crippen LogP contribution in [0.25, 0.3) is 6.08 Å². The van der Waals surface area contributed by atoms with E-state index in [0.29, 0.717) is 12.6 Å². The molecule has 3 heteroatoms. The lowest BCUT2D eigenvalue weighted by molar-refractivity contribution is -0.129. The summed E-state index contributed by atoms with van der Waals surface area (Å²) in [5.41, 5.74) is 7.94. The van der Waals surface area contributed by atoms with Crippen LogP contribution in [0.1, 0.15) is 36.8 Å². The van der Waals surface area contributed by atoms with Crippen LogP contribution in [-0.2, 0) is 4.79 Å². The fourth-order valence-corrected chi connectivity index (χ4v) is 2.72. The van der Waals surface area contributed by atoms with Crippen molar-refractivity contribution in [1.29, 1.82) is 0 Å². The number of aryl methyl sites for hydroxylation is 1. The van der Waals surface area contributed by atoms with Crippen molar-refractivity contribution < 1.29 is 4.79 Å². The Kier molecular flexibility index (Phi) is 5.36. The summed E-state index contributed by atoms with van der Waals surface area (Å²) in [7, 11) is 0. The van der Waals surface area contributed by atoms with Crippen LogP contribution >= 0.6 is 0 Å². The largest absolute Gasteiger partial charge is 0.336 e. The number of amides is 1. The summed E-state index contributed by atoms with van der Waals surface area (Å²) in [6, 6.07) is 8.51. The van der Waals surface area contributed by atoms with E-state index in [1.807, 2.05) is 23.1 Å². The molecule has 1 aliphatic rings. The van der Waals surface area contributed by atoms with Crippen molar-refractivity contribution in [2.24, 2.45) is 5.73 Å². The lowest BCUT2D eigenvalue weighted by atomic mass is 9.99. The topological polar surface area (TPSA) is 46.3 Å². The van der Waals surface area contributed by atoms with E-state index in [0.717, 1.165) is 31.4 Å². The normalized spacial score (nSPS) is 19.5. The van der Waals surface area contributed by atoms with E-state index in [-0.39, 0.29) is 5.91 Å².